The molecule has 2 aromatic heterocycles. The molecule has 0 spiro atoms. The topological polar surface area (TPSA) is 95.0 Å². The lowest BCUT2D eigenvalue weighted by Gasteiger charge is -2.07. The molecule has 0 saturated heterocycles. The zero-order chi connectivity index (χ0) is 24.5. The van der Waals surface area contributed by atoms with Crippen molar-refractivity contribution in [2.45, 2.75) is 6.92 Å². The summed E-state index contributed by atoms with van der Waals surface area (Å²) < 4.78 is 21.8. The van der Waals surface area contributed by atoms with Crippen LogP contribution in [-0.2, 0) is 7.05 Å². The predicted molar refractivity (Wildman–Crippen MR) is 129 cm³/mol. The number of para-hydroxylation sites is 1. The number of rotatable bonds is 5. The molecule has 9 heteroatoms. The van der Waals surface area contributed by atoms with Crippen molar-refractivity contribution >= 4 is 11.6 Å². The van der Waals surface area contributed by atoms with Crippen LogP contribution >= 0.6 is 0 Å². The molecule has 0 radical (unpaired) electrons. The molecule has 0 aliphatic carbocycles. The van der Waals surface area contributed by atoms with E-state index in [1.54, 1.807) is 55.1 Å². The summed E-state index contributed by atoms with van der Waals surface area (Å²) in [6.45, 7) is 1.76. The largest absolute Gasteiger partial charge is 0.334 e. The number of anilines is 1. The van der Waals surface area contributed by atoms with Gasteiger partial charge in [-0.2, -0.15) is 4.98 Å². The van der Waals surface area contributed by atoms with Gasteiger partial charge in [0.1, 0.15) is 11.5 Å². The Bertz CT molecular complexity index is 1580. The molecule has 174 valence electrons. The minimum Gasteiger partial charge on any atom is -0.334 e. The SMILES string of the molecule is Cc1c(NC(=O)c2ccccc2-c2nc(-c3ccc(F)cc3)no2)c(=O)n(-c2ccccc2)n1C. The fraction of sp³-hybridized carbons (Fsp3) is 0.0769. The summed E-state index contributed by atoms with van der Waals surface area (Å²) >= 11 is 0. The molecular formula is C26H20FN5O3. The Morgan fingerprint density at radius 1 is 0.971 bits per heavy atom. The fourth-order valence-electron chi connectivity index (χ4n) is 3.81. The van der Waals surface area contributed by atoms with E-state index in [0.29, 0.717) is 22.5 Å². The van der Waals surface area contributed by atoms with E-state index in [1.165, 1.54) is 16.8 Å². The van der Waals surface area contributed by atoms with Gasteiger partial charge in [0.15, 0.2) is 0 Å². The van der Waals surface area contributed by atoms with E-state index in [9.17, 15) is 14.0 Å². The number of nitrogens with zero attached hydrogens (tertiary/aromatic N) is 4. The summed E-state index contributed by atoms with van der Waals surface area (Å²) in [6.07, 6.45) is 0. The number of benzene rings is 3. The lowest BCUT2D eigenvalue weighted by Crippen LogP contribution is -2.23. The van der Waals surface area contributed by atoms with Crippen LogP contribution in [0.1, 0.15) is 16.1 Å². The van der Waals surface area contributed by atoms with Crippen molar-refractivity contribution in [2.75, 3.05) is 5.32 Å². The minimum absolute atomic E-state index is 0.126. The first-order valence-electron chi connectivity index (χ1n) is 10.8. The van der Waals surface area contributed by atoms with Gasteiger partial charge in [0.2, 0.25) is 5.82 Å². The second kappa shape index (κ2) is 8.86. The van der Waals surface area contributed by atoms with E-state index in [4.69, 9.17) is 4.52 Å². The second-order valence-electron chi connectivity index (χ2n) is 7.87. The molecule has 1 amide bonds. The molecule has 0 bridgehead atoms. The third-order valence-electron chi connectivity index (χ3n) is 5.72. The molecule has 3 aromatic carbocycles. The number of aromatic nitrogens is 4. The Morgan fingerprint density at radius 3 is 2.40 bits per heavy atom. The molecular weight excluding hydrogens is 449 g/mol. The van der Waals surface area contributed by atoms with Gasteiger partial charge >= 0.3 is 0 Å². The van der Waals surface area contributed by atoms with Crippen molar-refractivity contribution in [3.05, 3.63) is 106 Å². The highest BCUT2D eigenvalue weighted by molar-refractivity contribution is 6.08. The van der Waals surface area contributed by atoms with E-state index in [-0.39, 0.29) is 34.3 Å². The molecule has 8 nitrogen and oxygen atoms in total. The number of carbonyl (C=O) groups is 1. The Labute approximate surface area is 199 Å². The van der Waals surface area contributed by atoms with Crippen molar-refractivity contribution in [1.29, 1.82) is 0 Å². The molecule has 35 heavy (non-hydrogen) atoms. The average molecular weight is 469 g/mol. The summed E-state index contributed by atoms with van der Waals surface area (Å²) in [4.78, 5) is 30.8. The molecule has 5 rings (SSSR count). The quantitative estimate of drug-likeness (QED) is 0.406. The Hall–Kier alpha value is -4.79. The second-order valence-corrected chi connectivity index (χ2v) is 7.87. The van der Waals surface area contributed by atoms with Crippen LogP contribution in [0, 0.1) is 12.7 Å². The summed E-state index contributed by atoms with van der Waals surface area (Å²) in [5.41, 5.74) is 2.35. The van der Waals surface area contributed by atoms with Crippen molar-refractivity contribution < 1.29 is 13.7 Å². The van der Waals surface area contributed by atoms with Gasteiger partial charge in [0, 0.05) is 12.6 Å². The van der Waals surface area contributed by atoms with Crippen molar-refractivity contribution in [1.82, 2.24) is 19.5 Å². The van der Waals surface area contributed by atoms with Crippen molar-refractivity contribution in [3.63, 3.8) is 0 Å². The molecule has 0 aliphatic rings. The maximum absolute atomic E-state index is 13.3. The summed E-state index contributed by atoms with van der Waals surface area (Å²) in [5, 5.41) is 6.71. The van der Waals surface area contributed by atoms with E-state index in [2.05, 4.69) is 15.5 Å². The van der Waals surface area contributed by atoms with Crippen LogP contribution in [0.2, 0.25) is 0 Å². The number of hydrogen-bond donors (Lipinski definition) is 1. The van der Waals surface area contributed by atoms with Crippen LogP contribution in [0.5, 0.6) is 0 Å². The standard InChI is InChI=1S/C26H20FN5O3/c1-16-22(26(34)32(31(16)2)19-8-4-3-5-9-19)28-24(33)20-10-6-7-11-21(20)25-29-23(30-35-25)17-12-14-18(27)15-13-17/h3-15H,1-2H3,(H,28,33). The van der Waals surface area contributed by atoms with Crippen LogP contribution in [0.25, 0.3) is 28.5 Å². The monoisotopic (exact) mass is 469 g/mol. The van der Waals surface area contributed by atoms with E-state index < -0.39 is 5.91 Å². The van der Waals surface area contributed by atoms with E-state index in [1.807, 2.05) is 30.3 Å². The highest BCUT2D eigenvalue weighted by Crippen LogP contribution is 2.26. The van der Waals surface area contributed by atoms with Gasteiger partial charge in [-0.05, 0) is 55.5 Å². The Kier molecular flexibility index (Phi) is 5.58. The van der Waals surface area contributed by atoms with Gasteiger partial charge in [-0.25, -0.2) is 9.07 Å². The number of nitrogens with one attached hydrogen (secondary N) is 1. The summed E-state index contributed by atoms with van der Waals surface area (Å²) in [5.74, 6) is -0.475. The van der Waals surface area contributed by atoms with Crippen molar-refractivity contribution in [2.24, 2.45) is 7.05 Å². The van der Waals surface area contributed by atoms with E-state index >= 15 is 0 Å². The van der Waals surface area contributed by atoms with Gasteiger partial charge in [-0.1, -0.05) is 35.5 Å². The normalized spacial score (nSPS) is 10.9. The highest BCUT2D eigenvalue weighted by atomic mass is 19.1. The molecule has 0 saturated carbocycles. The van der Waals surface area contributed by atoms with Crippen LogP contribution in [-0.4, -0.2) is 25.4 Å². The number of halogens is 1. The molecule has 0 aliphatic heterocycles. The van der Waals surface area contributed by atoms with E-state index in [0.717, 1.165) is 0 Å². The van der Waals surface area contributed by atoms with Gasteiger partial charge in [0.05, 0.1) is 22.5 Å². The minimum atomic E-state index is -0.492. The van der Waals surface area contributed by atoms with Crippen LogP contribution < -0.4 is 10.9 Å². The van der Waals surface area contributed by atoms with Crippen molar-refractivity contribution in [3.8, 4) is 28.5 Å². The molecule has 1 N–H and O–H groups in total. The highest BCUT2D eigenvalue weighted by Gasteiger charge is 2.22. The maximum Gasteiger partial charge on any atom is 0.295 e. The van der Waals surface area contributed by atoms with Crippen LogP contribution in [0.15, 0.2) is 88.2 Å². The summed E-state index contributed by atoms with van der Waals surface area (Å²) in [6, 6.07) is 21.6. The number of carbonyl (C=O) groups excluding carboxylic acids is 1. The molecule has 5 aromatic rings. The van der Waals surface area contributed by atoms with Gasteiger partial charge in [-0.15, -0.1) is 0 Å². The first-order valence-corrected chi connectivity index (χ1v) is 10.8. The Morgan fingerprint density at radius 2 is 1.66 bits per heavy atom. The first-order chi connectivity index (χ1) is 16.9. The molecule has 0 fully saturated rings. The van der Waals surface area contributed by atoms with Crippen LogP contribution in [0.3, 0.4) is 0 Å². The average Bonchev–Trinajstić information content (AvgIpc) is 3.45. The number of amides is 1. The summed E-state index contributed by atoms with van der Waals surface area (Å²) in [7, 11) is 1.75. The smallest absolute Gasteiger partial charge is 0.295 e. The molecule has 0 unspecified atom stereocenters. The molecule has 0 atom stereocenters. The lowest BCUT2D eigenvalue weighted by atomic mass is 10.1. The van der Waals surface area contributed by atoms with Gasteiger partial charge < -0.3 is 9.84 Å². The molecule has 2 heterocycles. The zero-order valence-corrected chi connectivity index (χ0v) is 18.9. The zero-order valence-electron chi connectivity index (χ0n) is 18.9. The van der Waals surface area contributed by atoms with Gasteiger partial charge in [-0.3, -0.25) is 14.3 Å². The third-order valence-corrected chi connectivity index (χ3v) is 5.72. The first kappa shape index (κ1) is 22.0. The maximum atomic E-state index is 13.3. The third kappa shape index (κ3) is 4.04. The number of hydrogen-bond acceptors (Lipinski definition) is 5. The lowest BCUT2D eigenvalue weighted by molar-refractivity contribution is 0.102. The Balaban J connectivity index is 1.48. The predicted octanol–water partition coefficient (Wildman–Crippen LogP) is 4.59. The van der Waals surface area contributed by atoms with Gasteiger partial charge in [0.25, 0.3) is 17.4 Å². The van der Waals surface area contributed by atoms with Crippen LogP contribution in [0.4, 0.5) is 10.1 Å². The fourth-order valence-corrected chi connectivity index (χ4v) is 3.81.